The number of amides is 2. The maximum Gasteiger partial charge on any atom is 0.408 e. The number of aromatic hydroxyl groups is 1. The summed E-state index contributed by atoms with van der Waals surface area (Å²) in [6.45, 7) is 0.367. The summed E-state index contributed by atoms with van der Waals surface area (Å²) in [5, 5.41) is 15.9. The molecular weight excluding hydrogens is 503 g/mol. The van der Waals surface area contributed by atoms with Crippen LogP contribution in [0.4, 0.5) is 9.18 Å². The number of fused-ring (bicyclic) bond motifs is 4. The molecule has 2 heterocycles. The van der Waals surface area contributed by atoms with Crippen molar-refractivity contribution in [3.63, 3.8) is 0 Å². The van der Waals surface area contributed by atoms with Crippen LogP contribution in [0.25, 0.3) is 0 Å². The van der Waals surface area contributed by atoms with E-state index in [-0.39, 0.29) is 29.9 Å². The van der Waals surface area contributed by atoms with Crippen LogP contribution in [0.1, 0.15) is 46.7 Å². The second kappa shape index (κ2) is 9.85. The Kier molecular flexibility index (Phi) is 6.59. The van der Waals surface area contributed by atoms with E-state index >= 15 is 0 Å². The fourth-order valence-electron chi connectivity index (χ4n) is 5.04. The van der Waals surface area contributed by atoms with Crippen LogP contribution in [0, 0.1) is 11.7 Å². The third kappa shape index (κ3) is 4.89. The average molecular weight is 527 g/mol. The lowest BCUT2D eigenvalue weighted by Gasteiger charge is -2.35. The fourth-order valence-corrected chi connectivity index (χ4v) is 5.24. The summed E-state index contributed by atoms with van der Waals surface area (Å²) in [7, 11) is 0. The average Bonchev–Trinajstić information content (AvgIpc) is 3.23. The number of halogens is 2. The molecule has 3 N–H and O–H groups in total. The molecule has 5 rings (SSSR count). The summed E-state index contributed by atoms with van der Waals surface area (Å²) in [5.74, 6) is -1.85. The molecule has 192 valence electrons. The summed E-state index contributed by atoms with van der Waals surface area (Å²) in [6.07, 6.45) is 1.10. The van der Waals surface area contributed by atoms with Crippen molar-refractivity contribution in [2.45, 2.75) is 44.5 Å². The molecule has 2 bridgehead atoms. The smallest absolute Gasteiger partial charge is 0.408 e. The van der Waals surface area contributed by atoms with Crippen molar-refractivity contribution in [2.24, 2.45) is 5.92 Å². The molecule has 1 aliphatic carbocycles. The third-order valence-corrected chi connectivity index (χ3v) is 7.13. The molecule has 1 aliphatic heterocycles. The number of carbonyl (C=O) groups is 2. The first-order chi connectivity index (χ1) is 17.8. The van der Waals surface area contributed by atoms with Crippen LogP contribution in [0.2, 0.25) is 5.02 Å². The highest BCUT2D eigenvalue weighted by Gasteiger charge is 2.49. The van der Waals surface area contributed by atoms with Gasteiger partial charge in [-0.1, -0.05) is 48.0 Å². The molecule has 0 saturated heterocycles. The maximum atomic E-state index is 13.4. The molecule has 9 nitrogen and oxygen atoms in total. The Labute approximate surface area is 216 Å². The fraction of sp³-hybridized carbons (Fsp3) is 0.308. The second-order valence-corrected chi connectivity index (χ2v) is 9.76. The van der Waals surface area contributed by atoms with Gasteiger partial charge in [-0.05, 0) is 48.4 Å². The Morgan fingerprint density at radius 3 is 2.76 bits per heavy atom. The van der Waals surface area contributed by atoms with Gasteiger partial charge >= 0.3 is 6.09 Å². The highest BCUT2D eigenvalue weighted by molar-refractivity contribution is 6.30. The minimum absolute atomic E-state index is 0.0321. The van der Waals surface area contributed by atoms with Gasteiger partial charge in [0.05, 0.1) is 5.02 Å². The number of hydrogen-bond acceptors (Lipinski definition) is 6. The summed E-state index contributed by atoms with van der Waals surface area (Å²) in [5.41, 5.74) is -0.872. The summed E-state index contributed by atoms with van der Waals surface area (Å²) >= 11 is 5.79. The zero-order valence-corrected chi connectivity index (χ0v) is 20.4. The van der Waals surface area contributed by atoms with Crippen LogP contribution in [0.3, 0.4) is 0 Å². The van der Waals surface area contributed by atoms with Crippen molar-refractivity contribution in [2.75, 3.05) is 0 Å². The first kappa shape index (κ1) is 24.8. The van der Waals surface area contributed by atoms with Crippen LogP contribution >= 0.6 is 11.6 Å². The monoisotopic (exact) mass is 526 g/mol. The molecule has 2 aliphatic rings. The molecule has 0 spiro atoms. The first-order valence-electron chi connectivity index (χ1n) is 11.8. The summed E-state index contributed by atoms with van der Waals surface area (Å²) in [6, 6.07) is 13.2. The zero-order valence-electron chi connectivity index (χ0n) is 19.7. The molecule has 1 fully saturated rings. The Morgan fingerprint density at radius 2 is 2.00 bits per heavy atom. The van der Waals surface area contributed by atoms with Crippen molar-refractivity contribution >= 4 is 23.6 Å². The highest BCUT2D eigenvalue weighted by atomic mass is 35.5. The van der Waals surface area contributed by atoms with Gasteiger partial charge in [-0.2, -0.15) is 0 Å². The lowest BCUT2D eigenvalue weighted by molar-refractivity contribution is 0.0940. The number of nitrogens with zero attached hydrogens (tertiary/aromatic N) is 2. The van der Waals surface area contributed by atoms with Gasteiger partial charge in [-0.3, -0.25) is 14.2 Å². The van der Waals surface area contributed by atoms with Gasteiger partial charge in [0, 0.05) is 13.1 Å². The van der Waals surface area contributed by atoms with Gasteiger partial charge in [0.2, 0.25) is 5.75 Å². The van der Waals surface area contributed by atoms with Crippen LogP contribution in [0.5, 0.6) is 5.75 Å². The normalized spacial score (nSPS) is 19.7. The molecule has 2 unspecified atom stereocenters. The van der Waals surface area contributed by atoms with Crippen LogP contribution in [-0.2, 0) is 30.0 Å². The molecule has 1 aromatic heterocycles. The van der Waals surface area contributed by atoms with Crippen LogP contribution in [-0.4, -0.2) is 26.7 Å². The summed E-state index contributed by atoms with van der Waals surface area (Å²) in [4.78, 5) is 43.1. The molecular formula is C26H24ClFN4O5. The van der Waals surface area contributed by atoms with Gasteiger partial charge in [0.25, 0.3) is 11.5 Å². The molecule has 2 aromatic carbocycles. The number of carbonyl (C=O) groups excluding carboxylic acids is 2. The zero-order chi connectivity index (χ0) is 26.2. The van der Waals surface area contributed by atoms with Gasteiger partial charge in [0.15, 0.2) is 5.69 Å². The molecule has 2 atom stereocenters. The standard InChI is InChI=1S/C26H24ClFN4O5/c27-18-10-16(6-7-19(18)28)12-29-22(34)20-21(33)23(35)32-13-17-8-9-26(11-17,24(32)30-20)31-25(36)37-14-15-4-2-1-3-5-15/h1-7,10,17,33H,8-9,11-14H2,(H,29,34)(H,31,36). The van der Waals surface area contributed by atoms with Gasteiger partial charge in [0.1, 0.15) is 23.8 Å². The summed E-state index contributed by atoms with van der Waals surface area (Å²) < 4.78 is 20.1. The maximum absolute atomic E-state index is 13.4. The predicted molar refractivity (Wildman–Crippen MR) is 132 cm³/mol. The van der Waals surface area contributed by atoms with E-state index in [9.17, 15) is 23.9 Å². The van der Waals surface area contributed by atoms with Crippen molar-refractivity contribution in [3.05, 3.63) is 92.4 Å². The van der Waals surface area contributed by atoms with Crippen molar-refractivity contribution in [3.8, 4) is 5.75 Å². The second-order valence-electron chi connectivity index (χ2n) is 9.36. The van der Waals surface area contributed by atoms with Gasteiger partial charge in [-0.15, -0.1) is 0 Å². The Hall–Kier alpha value is -3.92. The van der Waals surface area contributed by atoms with E-state index in [1.165, 1.54) is 22.8 Å². The van der Waals surface area contributed by atoms with E-state index in [1.807, 2.05) is 30.3 Å². The van der Waals surface area contributed by atoms with E-state index in [2.05, 4.69) is 15.6 Å². The molecule has 1 saturated carbocycles. The minimum atomic E-state index is -1.01. The minimum Gasteiger partial charge on any atom is -0.501 e. The number of alkyl carbamates (subject to hydrolysis) is 1. The molecule has 11 heteroatoms. The number of ether oxygens (including phenoxy) is 1. The largest absolute Gasteiger partial charge is 0.501 e. The Balaban J connectivity index is 1.39. The van der Waals surface area contributed by atoms with E-state index < -0.39 is 40.4 Å². The highest BCUT2D eigenvalue weighted by Crippen LogP contribution is 2.45. The lowest BCUT2D eigenvalue weighted by atomic mass is 9.91. The van der Waals surface area contributed by atoms with Crippen LogP contribution in [0.15, 0.2) is 53.3 Å². The Morgan fingerprint density at radius 1 is 1.22 bits per heavy atom. The lowest BCUT2D eigenvalue weighted by Crippen LogP contribution is -2.51. The van der Waals surface area contributed by atoms with Crippen molar-refractivity contribution in [1.82, 2.24) is 20.2 Å². The van der Waals surface area contributed by atoms with Gasteiger partial charge < -0.3 is 20.5 Å². The topological polar surface area (TPSA) is 123 Å². The number of benzene rings is 2. The number of rotatable bonds is 6. The number of aromatic nitrogens is 2. The number of hydrogen-bond donors (Lipinski definition) is 3. The van der Waals surface area contributed by atoms with Gasteiger partial charge in [-0.25, -0.2) is 14.2 Å². The van der Waals surface area contributed by atoms with E-state index in [4.69, 9.17) is 16.3 Å². The van der Waals surface area contributed by atoms with E-state index in [0.717, 1.165) is 12.0 Å². The first-order valence-corrected chi connectivity index (χ1v) is 12.2. The predicted octanol–water partition coefficient (Wildman–Crippen LogP) is 3.61. The molecule has 3 aromatic rings. The molecule has 37 heavy (non-hydrogen) atoms. The molecule has 2 amide bonds. The molecule has 0 radical (unpaired) electrons. The van der Waals surface area contributed by atoms with E-state index in [0.29, 0.717) is 24.9 Å². The number of nitrogens with one attached hydrogen (secondary N) is 2. The van der Waals surface area contributed by atoms with E-state index in [1.54, 1.807) is 0 Å². The Bertz CT molecular complexity index is 1430. The SMILES string of the molecule is O=C(NC12CCC(Cn3c1nc(C(=O)NCc1ccc(F)c(Cl)c1)c(O)c3=O)C2)OCc1ccccc1. The van der Waals surface area contributed by atoms with Crippen molar-refractivity contribution < 1.29 is 23.8 Å². The van der Waals surface area contributed by atoms with Crippen molar-refractivity contribution in [1.29, 1.82) is 0 Å². The quantitative estimate of drug-likeness (QED) is 0.451. The van der Waals surface area contributed by atoms with Crippen LogP contribution < -0.4 is 16.2 Å². The third-order valence-electron chi connectivity index (χ3n) is 6.84.